The zero-order valence-electron chi connectivity index (χ0n) is 20.3. The van der Waals surface area contributed by atoms with E-state index in [4.69, 9.17) is 10.00 Å². The Morgan fingerprint density at radius 3 is 2.62 bits per heavy atom. The van der Waals surface area contributed by atoms with Gasteiger partial charge in [0.05, 0.1) is 30.5 Å². The number of ether oxygens (including phenoxy) is 1. The maximum absolute atomic E-state index is 13.3. The number of nitriles is 1. The number of nitrogens with one attached hydrogen (secondary N) is 1. The third-order valence-corrected chi connectivity index (χ3v) is 7.29. The lowest BCUT2D eigenvalue weighted by molar-refractivity contribution is 0.0352. The smallest absolute Gasteiger partial charge is 0.321 e. The summed E-state index contributed by atoms with van der Waals surface area (Å²) in [6, 6.07) is 15.1. The molecule has 0 spiro atoms. The Bertz CT molecular complexity index is 1390. The predicted molar refractivity (Wildman–Crippen MR) is 141 cm³/mol. The maximum Gasteiger partial charge on any atom is 0.321 e. The number of hydrogen-bond donors (Lipinski definition) is 1. The molecule has 0 unspecified atom stereocenters. The average molecular weight is 519 g/mol. The summed E-state index contributed by atoms with van der Waals surface area (Å²) in [7, 11) is 0. The van der Waals surface area contributed by atoms with E-state index >= 15 is 0 Å². The molecule has 1 N–H and O–H groups in total. The van der Waals surface area contributed by atoms with Gasteiger partial charge in [-0.15, -0.1) is 11.3 Å². The number of rotatable bonds is 8. The fourth-order valence-electron chi connectivity index (χ4n) is 4.25. The first-order valence-electron chi connectivity index (χ1n) is 12.2. The van der Waals surface area contributed by atoms with Crippen LogP contribution < -0.4 is 5.32 Å². The largest absolute Gasteiger partial charge is 0.379 e. The Morgan fingerprint density at radius 2 is 1.89 bits per heavy atom. The first-order valence-corrected chi connectivity index (χ1v) is 13.0. The minimum Gasteiger partial charge on any atom is -0.379 e. The van der Waals surface area contributed by atoms with Crippen LogP contribution in [0.1, 0.15) is 11.3 Å². The topological polar surface area (TPSA) is 85.9 Å². The van der Waals surface area contributed by atoms with Crippen molar-refractivity contribution in [2.75, 3.05) is 51.3 Å². The van der Waals surface area contributed by atoms with Crippen molar-refractivity contribution in [2.24, 2.45) is 0 Å². The van der Waals surface area contributed by atoms with Crippen LogP contribution in [0.5, 0.6) is 0 Å². The van der Waals surface area contributed by atoms with Crippen LogP contribution in [0.2, 0.25) is 0 Å². The molecule has 10 heteroatoms. The van der Waals surface area contributed by atoms with Crippen molar-refractivity contribution in [1.82, 2.24) is 19.2 Å². The predicted octanol–water partition coefficient (Wildman–Crippen LogP) is 4.48. The lowest BCUT2D eigenvalue weighted by atomic mass is 10.2. The van der Waals surface area contributed by atoms with Crippen LogP contribution in [0.4, 0.5) is 14.9 Å². The minimum absolute atomic E-state index is 0.179. The molecule has 5 rings (SSSR count). The molecule has 3 heterocycles. The summed E-state index contributed by atoms with van der Waals surface area (Å²) < 4.78 is 20.8. The van der Waals surface area contributed by atoms with E-state index in [2.05, 4.69) is 26.6 Å². The summed E-state index contributed by atoms with van der Waals surface area (Å²) in [5, 5.41) is 14.1. The van der Waals surface area contributed by atoms with Gasteiger partial charge in [-0.3, -0.25) is 9.30 Å². The third-order valence-electron chi connectivity index (χ3n) is 6.40. The van der Waals surface area contributed by atoms with Gasteiger partial charge in [-0.1, -0.05) is 0 Å². The van der Waals surface area contributed by atoms with Crippen molar-refractivity contribution in [3.63, 3.8) is 0 Å². The SMILES string of the molecule is N#Cc1ccc(NC(=O)N(CCc2csc3nc(-c4ccc(F)cc4)cn23)CCN2CCOCC2)cc1. The van der Waals surface area contributed by atoms with Crippen LogP contribution in [-0.2, 0) is 11.2 Å². The number of thiazole rings is 1. The molecule has 0 aliphatic carbocycles. The molecule has 190 valence electrons. The number of aromatic nitrogens is 2. The number of nitrogens with zero attached hydrogens (tertiary/aromatic N) is 5. The maximum atomic E-state index is 13.3. The molecule has 37 heavy (non-hydrogen) atoms. The molecule has 1 aliphatic heterocycles. The highest BCUT2D eigenvalue weighted by atomic mass is 32.1. The summed E-state index contributed by atoms with van der Waals surface area (Å²) >= 11 is 1.55. The highest BCUT2D eigenvalue weighted by molar-refractivity contribution is 7.15. The van der Waals surface area contributed by atoms with Crippen molar-refractivity contribution in [3.8, 4) is 17.3 Å². The molecule has 8 nitrogen and oxygen atoms in total. The Hall–Kier alpha value is -3.78. The van der Waals surface area contributed by atoms with E-state index in [9.17, 15) is 9.18 Å². The average Bonchev–Trinajstić information content (AvgIpc) is 3.52. The van der Waals surface area contributed by atoms with Gasteiger partial charge < -0.3 is 15.0 Å². The standard InChI is InChI=1S/C27H27FN6O2S/c28-22-5-3-21(4-6-22)25-18-34-24(19-37-27(34)31-25)9-10-33(12-11-32-13-15-36-16-14-32)26(35)30-23-7-1-20(17-29)2-8-23/h1-8,18-19H,9-16H2,(H,30,35). The molecule has 1 aliphatic rings. The second-order valence-corrected chi connectivity index (χ2v) is 9.66. The number of halogens is 1. The van der Waals surface area contributed by atoms with E-state index in [1.807, 2.05) is 15.5 Å². The van der Waals surface area contributed by atoms with Crippen LogP contribution in [0.15, 0.2) is 60.1 Å². The third kappa shape index (κ3) is 6.14. The van der Waals surface area contributed by atoms with Gasteiger partial charge >= 0.3 is 6.03 Å². The molecular weight excluding hydrogens is 491 g/mol. The zero-order valence-corrected chi connectivity index (χ0v) is 21.1. The number of imidazole rings is 1. The molecule has 1 fully saturated rings. The van der Waals surface area contributed by atoms with Gasteiger partial charge in [0.15, 0.2) is 4.96 Å². The lowest BCUT2D eigenvalue weighted by Crippen LogP contribution is -2.45. The Morgan fingerprint density at radius 1 is 1.14 bits per heavy atom. The van der Waals surface area contributed by atoms with E-state index in [1.165, 1.54) is 12.1 Å². The van der Waals surface area contributed by atoms with Gasteiger partial charge in [0.2, 0.25) is 0 Å². The number of amides is 2. The van der Waals surface area contributed by atoms with Crippen LogP contribution in [0, 0.1) is 17.1 Å². The van der Waals surface area contributed by atoms with Gasteiger partial charge in [-0.05, 0) is 48.5 Å². The van der Waals surface area contributed by atoms with E-state index in [1.54, 1.807) is 47.7 Å². The summed E-state index contributed by atoms with van der Waals surface area (Å²) in [6.45, 7) is 5.02. The molecule has 4 aromatic rings. The zero-order chi connectivity index (χ0) is 25.6. The van der Waals surface area contributed by atoms with E-state index in [0.29, 0.717) is 44.0 Å². The molecule has 0 bridgehead atoms. The van der Waals surface area contributed by atoms with Crippen molar-refractivity contribution >= 4 is 28.0 Å². The number of carbonyl (C=O) groups excluding carboxylic acids is 1. The quantitative estimate of drug-likeness (QED) is 0.372. The normalized spacial score (nSPS) is 13.9. The molecule has 0 radical (unpaired) electrons. The summed E-state index contributed by atoms with van der Waals surface area (Å²) in [4.78, 5) is 22.9. The van der Waals surface area contributed by atoms with E-state index < -0.39 is 0 Å². The van der Waals surface area contributed by atoms with Crippen LogP contribution in [-0.4, -0.2) is 71.2 Å². The molecule has 1 saturated heterocycles. The summed E-state index contributed by atoms with van der Waals surface area (Å²) in [5.74, 6) is -0.276. The number of urea groups is 1. The fraction of sp³-hybridized carbons (Fsp3) is 0.296. The summed E-state index contributed by atoms with van der Waals surface area (Å²) in [5.41, 5.74) is 3.90. The van der Waals surface area contributed by atoms with E-state index in [0.717, 1.165) is 41.5 Å². The van der Waals surface area contributed by atoms with Crippen molar-refractivity contribution in [2.45, 2.75) is 6.42 Å². The van der Waals surface area contributed by atoms with Gasteiger partial charge in [0.1, 0.15) is 5.82 Å². The number of carbonyl (C=O) groups is 1. The molecule has 0 saturated carbocycles. The Balaban J connectivity index is 1.29. The lowest BCUT2D eigenvalue weighted by Gasteiger charge is -2.30. The molecular formula is C27H27FN6O2S. The molecule has 2 aromatic carbocycles. The van der Waals surface area contributed by atoms with Crippen LogP contribution in [0.3, 0.4) is 0 Å². The number of fused-ring (bicyclic) bond motifs is 1. The molecule has 2 aromatic heterocycles. The van der Waals surface area contributed by atoms with Crippen LogP contribution >= 0.6 is 11.3 Å². The van der Waals surface area contributed by atoms with Crippen LogP contribution in [0.25, 0.3) is 16.2 Å². The monoisotopic (exact) mass is 518 g/mol. The van der Waals surface area contributed by atoms with Gasteiger partial charge in [-0.2, -0.15) is 5.26 Å². The highest BCUT2D eigenvalue weighted by Crippen LogP contribution is 2.24. The second kappa shape index (κ2) is 11.5. The first-order chi connectivity index (χ1) is 18.1. The number of morpholine rings is 1. The van der Waals surface area contributed by atoms with E-state index in [-0.39, 0.29) is 11.8 Å². The molecule has 0 atom stereocenters. The fourth-order valence-corrected chi connectivity index (χ4v) is 5.16. The number of anilines is 1. The van der Waals surface area contributed by atoms with Crippen molar-refractivity contribution in [1.29, 1.82) is 5.26 Å². The summed E-state index contributed by atoms with van der Waals surface area (Å²) in [6.07, 6.45) is 2.62. The van der Waals surface area contributed by atoms with Crippen molar-refractivity contribution < 1.29 is 13.9 Å². The van der Waals surface area contributed by atoms with Gasteiger partial charge in [0.25, 0.3) is 0 Å². The Labute approximate surface area is 218 Å². The first kappa shape index (κ1) is 24.9. The second-order valence-electron chi connectivity index (χ2n) is 8.82. The van der Waals surface area contributed by atoms with Gasteiger partial charge in [-0.25, -0.2) is 14.2 Å². The van der Waals surface area contributed by atoms with Crippen molar-refractivity contribution in [3.05, 3.63) is 77.2 Å². The highest BCUT2D eigenvalue weighted by Gasteiger charge is 2.18. The number of benzene rings is 2. The van der Waals surface area contributed by atoms with Gasteiger partial charge in [0, 0.05) is 67.7 Å². The Kier molecular flexibility index (Phi) is 7.75. The molecule has 2 amide bonds. The number of hydrogen-bond acceptors (Lipinski definition) is 6. The minimum atomic E-state index is -0.276.